The molecule has 1 aromatic rings. The van der Waals surface area contributed by atoms with Crippen LogP contribution in [0.4, 0.5) is 8.78 Å². The van der Waals surface area contributed by atoms with Crippen LogP contribution in [0.25, 0.3) is 6.08 Å². The van der Waals surface area contributed by atoms with Crippen molar-refractivity contribution < 1.29 is 27.8 Å². The Bertz CT molecular complexity index is 554. The lowest BCUT2D eigenvalue weighted by Gasteiger charge is -2.14. The Morgan fingerprint density at radius 1 is 1.17 bits per heavy atom. The molecule has 0 heterocycles. The molecule has 0 saturated carbocycles. The summed E-state index contributed by atoms with van der Waals surface area (Å²) in [4.78, 5) is 23.1. The van der Waals surface area contributed by atoms with Crippen molar-refractivity contribution in [3.63, 3.8) is 0 Å². The van der Waals surface area contributed by atoms with Crippen LogP contribution >= 0.6 is 0 Å². The molecule has 0 aromatic heterocycles. The van der Waals surface area contributed by atoms with Crippen molar-refractivity contribution in [3.8, 4) is 5.75 Å². The Morgan fingerprint density at radius 2 is 1.79 bits per heavy atom. The predicted molar refractivity (Wildman–Crippen MR) is 85.6 cm³/mol. The fourth-order valence-electron chi connectivity index (χ4n) is 1.87. The SMILES string of the molecule is CCC(CC)NC(=O)COC(=O)/C=C/c1ccc(OC(F)F)cc1. The number of carbonyl (C=O) groups excluding carboxylic acids is 2. The minimum atomic E-state index is -2.88. The molecule has 0 atom stereocenters. The molecule has 1 N–H and O–H groups in total. The maximum Gasteiger partial charge on any atom is 0.387 e. The first kappa shape index (κ1) is 19.6. The van der Waals surface area contributed by atoms with E-state index in [2.05, 4.69) is 10.1 Å². The quantitative estimate of drug-likeness (QED) is 0.553. The third-order valence-electron chi connectivity index (χ3n) is 3.21. The molecule has 0 bridgehead atoms. The summed E-state index contributed by atoms with van der Waals surface area (Å²) in [6.45, 7) is 0.690. The highest BCUT2D eigenvalue weighted by Gasteiger charge is 2.09. The van der Waals surface area contributed by atoms with Crippen molar-refractivity contribution in [2.24, 2.45) is 0 Å². The second kappa shape index (κ2) is 10.4. The molecule has 0 saturated heterocycles. The van der Waals surface area contributed by atoms with Gasteiger partial charge in [0, 0.05) is 12.1 Å². The zero-order chi connectivity index (χ0) is 17.9. The first-order valence-corrected chi connectivity index (χ1v) is 7.63. The number of nitrogens with one attached hydrogen (secondary N) is 1. The molecule has 0 fully saturated rings. The zero-order valence-electron chi connectivity index (χ0n) is 13.6. The summed E-state index contributed by atoms with van der Waals surface area (Å²) in [6.07, 6.45) is 4.23. The van der Waals surface area contributed by atoms with Gasteiger partial charge in [-0.3, -0.25) is 4.79 Å². The highest BCUT2D eigenvalue weighted by molar-refractivity contribution is 5.89. The van der Waals surface area contributed by atoms with Gasteiger partial charge in [0.25, 0.3) is 5.91 Å². The second-order valence-electron chi connectivity index (χ2n) is 4.97. The third kappa shape index (κ3) is 7.71. The molecule has 1 rings (SSSR count). The molecular weight excluding hydrogens is 320 g/mol. The topological polar surface area (TPSA) is 64.6 Å². The smallest absolute Gasteiger partial charge is 0.387 e. The van der Waals surface area contributed by atoms with Crippen molar-refractivity contribution in [1.29, 1.82) is 0 Å². The van der Waals surface area contributed by atoms with Crippen LogP contribution in [-0.2, 0) is 14.3 Å². The number of hydrogen-bond donors (Lipinski definition) is 1. The van der Waals surface area contributed by atoms with E-state index >= 15 is 0 Å². The molecule has 0 aliphatic rings. The van der Waals surface area contributed by atoms with Gasteiger partial charge >= 0.3 is 12.6 Å². The maximum atomic E-state index is 12.0. The second-order valence-corrected chi connectivity index (χ2v) is 4.97. The number of rotatable bonds is 9. The first-order valence-electron chi connectivity index (χ1n) is 7.63. The van der Waals surface area contributed by atoms with Gasteiger partial charge in [0.15, 0.2) is 6.61 Å². The molecule has 0 spiro atoms. The van der Waals surface area contributed by atoms with Gasteiger partial charge in [-0.2, -0.15) is 8.78 Å². The molecule has 24 heavy (non-hydrogen) atoms. The summed E-state index contributed by atoms with van der Waals surface area (Å²) in [6, 6.07) is 5.82. The normalized spacial score (nSPS) is 11.1. The standard InChI is InChI=1S/C17H21F2NO4/c1-3-13(4-2)20-15(21)11-23-16(22)10-7-12-5-8-14(9-6-12)24-17(18)19/h5-10,13,17H,3-4,11H2,1-2H3,(H,20,21)/b10-7+. The van der Waals surface area contributed by atoms with E-state index in [-0.39, 0.29) is 24.3 Å². The molecule has 1 amide bonds. The number of ether oxygens (including phenoxy) is 2. The van der Waals surface area contributed by atoms with E-state index in [0.29, 0.717) is 5.56 Å². The lowest BCUT2D eigenvalue weighted by atomic mass is 10.2. The summed E-state index contributed by atoms with van der Waals surface area (Å²) < 4.78 is 33.1. The minimum Gasteiger partial charge on any atom is -0.452 e. The van der Waals surface area contributed by atoms with Gasteiger partial charge in [-0.15, -0.1) is 0 Å². The Hall–Kier alpha value is -2.44. The largest absolute Gasteiger partial charge is 0.452 e. The Labute approximate surface area is 139 Å². The number of esters is 1. The van der Waals surface area contributed by atoms with Crippen molar-refractivity contribution in [2.75, 3.05) is 6.61 Å². The van der Waals surface area contributed by atoms with Crippen molar-refractivity contribution in [3.05, 3.63) is 35.9 Å². The Kier molecular flexibility index (Phi) is 8.46. The minimum absolute atomic E-state index is 0.0304. The predicted octanol–water partition coefficient (Wildman–Crippen LogP) is 3.15. The van der Waals surface area contributed by atoms with Gasteiger partial charge in [0.05, 0.1) is 0 Å². The van der Waals surface area contributed by atoms with Crippen LogP contribution in [0, 0.1) is 0 Å². The molecule has 7 heteroatoms. The molecule has 5 nitrogen and oxygen atoms in total. The van der Waals surface area contributed by atoms with E-state index in [4.69, 9.17) is 4.74 Å². The fraction of sp³-hybridized carbons (Fsp3) is 0.412. The fourth-order valence-corrected chi connectivity index (χ4v) is 1.87. The summed E-state index contributed by atoms with van der Waals surface area (Å²) in [5.74, 6) is -0.982. The van der Waals surface area contributed by atoms with Crippen molar-refractivity contribution in [2.45, 2.75) is 39.3 Å². The molecule has 0 unspecified atom stereocenters. The van der Waals surface area contributed by atoms with Crippen LogP contribution in [0.5, 0.6) is 5.75 Å². The van der Waals surface area contributed by atoms with Gasteiger partial charge in [-0.05, 0) is 36.6 Å². The van der Waals surface area contributed by atoms with Crippen LogP contribution in [0.2, 0.25) is 0 Å². The number of amides is 1. The lowest BCUT2D eigenvalue weighted by molar-refractivity contribution is -0.144. The third-order valence-corrected chi connectivity index (χ3v) is 3.21. The zero-order valence-corrected chi connectivity index (χ0v) is 13.6. The molecule has 0 radical (unpaired) electrons. The average Bonchev–Trinajstić information content (AvgIpc) is 2.56. The van der Waals surface area contributed by atoms with Gasteiger partial charge in [-0.1, -0.05) is 26.0 Å². The summed E-state index contributed by atoms with van der Waals surface area (Å²) in [5, 5.41) is 2.75. The molecule has 0 aliphatic heterocycles. The van der Waals surface area contributed by atoms with E-state index in [1.165, 1.54) is 30.3 Å². The molecule has 1 aromatic carbocycles. The maximum absolute atomic E-state index is 12.0. The van der Waals surface area contributed by atoms with Crippen molar-refractivity contribution in [1.82, 2.24) is 5.32 Å². The number of alkyl halides is 2. The van der Waals surface area contributed by atoms with Gasteiger partial charge in [0.1, 0.15) is 5.75 Å². The van der Waals surface area contributed by atoms with E-state index < -0.39 is 12.6 Å². The van der Waals surface area contributed by atoms with E-state index in [0.717, 1.165) is 18.9 Å². The van der Waals surface area contributed by atoms with Crippen LogP contribution in [0.3, 0.4) is 0 Å². The highest BCUT2D eigenvalue weighted by Crippen LogP contribution is 2.15. The molecule has 132 valence electrons. The number of halogens is 2. The van der Waals surface area contributed by atoms with Gasteiger partial charge in [-0.25, -0.2) is 4.79 Å². The Morgan fingerprint density at radius 3 is 2.33 bits per heavy atom. The number of benzene rings is 1. The summed E-state index contributed by atoms with van der Waals surface area (Å²) >= 11 is 0. The average molecular weight is 341 g/mol. The lowest BCUT2D eigenvalue weighted by Crippen LogP contribution is -2.36. The van der Waals surface area contributed by atoms with Crippen LogP contribution in [-0.4, -0.2) is 31.1 Å². The van der Waals surface area contributed by atoms with E-state index in [9.17, 15) is 18.4 Å². The monoisotopic (exact) mass is 341 g/mol. The van der Waals surface area contributed by atoms with Crippen LogP contribution < -0.4 is 10.1 Å². The summed E-state index contributed by atoms with van der Waals surface area (Å²) in [7, 11) is 0. The highest BCUT2D eigenvalue weighted by atomic mass is 19.3. The molecule has 0 aliphatic carbocycles. The van der Waals surface area contributed by atoms with Crippen molar-refractivity contribution >= 4 is 18.0 Å². The molecular formula is C17H21F2NO4. The number of hydrogen-bond acceptors (Lipinski definition) is 4. The summed E-state index contributed by atoms with van der Waals surface area (Å²) in [5.41, 5.74) is 0.607. The van der Waals surface area contributed by atoms with Crippen LogP contribution in [0.1, 0.15) is 32.3 Å². The first-order chi connectivity index (χ1) is 11.4. The van der Waals surface area contributed by atoms with E-state index in [1.807, 2.05) is 13.8 Å². The van der Waals surface area contributed by atoms with Gasteiger partial charge in [0.2, 0.25) is 0 Å². The van der Waals surface area contributed by atoms with E-state index in [1.54, 1.807) is 0 Å². The van der Waals surface area contributed by atoms with Gasteiger partial charge < -0.3 is 14.8 Å². The van der Waals surface area contributed by atoms with Crippen LogP contribution in [0.15, 0.2) is 30.3 Å². The number of carbonyl (C=O) groups is 2. The Balaban J connectivity index is 2.41.